The minimum absolute atomic E-state index is 0.0962. The predicted molar refractivity (Wildman–Crippen MR) is 79.4 cm³/mol. The van der Waals surface area contributed by atoms with Crippen molar-refractivity contribution in [3.8, 4) is 5.75 Å². The van der Waals surface area contributed by atoms with Gasteiger partial charge in [-0.2, -0.15) is 0 Å². The second-order valence-electron chi connectivity index (χ2n) is 4.95. The highest BCUT2D eigenvalue weighted by atomic mass is 16.5. The van der Waals surface area contributed by atoms with Crippen LogP contribution >= 0.6 is 0 Å². The van der Waals surface area contributed by atoms with Crippen LogP contribution in [0.15, 0.2) is 54.6 Å². The molecule has 19 heavy (non-hydrogen) atoms. The average molecular weight is 255 g/mol. The normalized spacial score (nSPS) is 12.4. The van der Waals surface area contributed by atoms with Crippen LogP contribution in [0.4, 0.5) is 0 Å². The standard InChI is InChI=1S/C17H21NO/c1-13(2)15-10-6-7-11-16(15)19-17(12-18)14-8-4-3-5-9-14/h3-11,13,17H,12,18H2,1-2H3. The Morgan fingerprint density at radius 1 is 0.947 bits per heavy atom. The Morgan fingerprint density at radius 2 is 1.58 bits per heavy atom. The molecule has 100 valence electrons. The Bertz CT molecular complexity index is 508. The second-order valence-corrected chi connectivity index (χ2v) is 4.95. The van der Waals surface area contributed by atoms with Gasteiger partial charge < -0.3 is 10.5 Å². The van der Waals surface area contributed by atoms with E-state index in [2.05, 4.69) is 32.0 Å². The number of para-hydroxylation sites is 1. The average Bonchev–Trinajstić information content (AvgIpc) is 2.46. The van der Waals surface area contributed by atoms with Gasteiger partial charge in [-0.15, -0.1) is 0 Å². The van der Waals surface area contributed by atoms with Gasteiger partial charge in [0.2, 0.25) is 0 Å². The first-order valence-electron chi connectivity index (χ1n) is 6.73. The van der Waals surface area contributed by atoms with Crippen LogP contribution < -0.4 is 10.5 Å². The SMILES string of the molecule is CC(C)c1ccccc1OC(CN)c1ccccc1. The maximum atomic E-state index is 6.12. The third kappa shape index (κ3) is 3.36. The summed E-state index contributed by atoms with van der Waals surface area (Å²) >= 11 is 0. The van der Waals surface area contributed by atoms with Crippen molar-refractivity contribution in [2.75, 3.05) is 6.54 Å². The lowest BCUT2D eigenvalue weighted by Crippen LogP contribution is -2.19. The molecule has 0 aromatic heterocycles. The van der Waals surface area contributed by atoms with E-state index >= 15 is 0 Å². The summed E-state index contributed by atoms with van der Waals surface area (Å²) in [7, 11) is 0. The van der Waals surface area contributed by atoms with E-state index in [0.29, 0.717) is 12.5 Å². The first kappa shape index (κ1) is 13.6. The lowest BCUT2D eigenvalue weighted by Gasteiger charge is -2.21. The molecule has 0 saturated heterocycles. The molecule has 0 aliphatic carbocycles. The summed E-state index contributed by atoms with van der Waals surface area (Å²) < 4.78 is 6.12. The van der Waals surface area contributed by atoms with Gasteiger partial charge in [-0.1, -0.05) is 62.4 Å². The molecule has 0 radical (unpaired) electrons. The van der Waals surface area contributed by atoms with Gasteiger partial charge >= 0.3 is 0 Å². The molecular weight excluding hydrogens is 234 g/mol. The van der Waals surface area contributed by atoms with E-state index in [4.69, 9.17) is 10.5 Å². The number of hydrogen-bond donors (Lipinski definition) is 1. The van der Waals surface area contributed by atoms with Gasteiger partial charge in [0, 0.05) is 6.54 Å². The largest absolute Gasteiger partial charge is 0.484 e. The Hall–Kier alpha value is -1.80. The lowest BCUT2D eigenvalue weighted by atomic mass is 10.0. The molecule has 2 nitrogen and oxygen atoms in total. The zero-order valence-electron chi connectivity index (χ0n) is 11.5. The maximum Gasteiger partial charge on any atom is 0.136 e. The Labute approximate surface area is 115 Å². The van der Waals surface area contributed by atoms with Crippen LogP contribution in [0.5, 0.6) is 5.75 Å². The zero-order chi connectivity index (χ0) is 13.7. The summed E-state index contributed by atoms with van der Waals surface area (Å²) in [4.78, 5) is 0. The van der Waals surface area contributed by atoms with Crippen LogP contribution in [0.3, 0.4) is 0 Å². The summed E-state index contributed by atoms with van der Waals surface area (Å²) in [6.07, 6.45) is -0.0962. The molecule has 0 amide bonds. The highest BCUT2D eigenvalue weighted by Crippen LogP contribution is 2.29. The minimum Gasteiger partial charge on any atom is -0.484 e. The molecule has 0 bridgehead atoms. The monoisotopic (exact) mass is 255 g/mol. The summed E-state index contributed by atoms with van der Waals surface area (Å²) in [5.41, 5.74) is 8.19. The first-order valence-corrected chi connectivity index (χ1v) is 6.73. The van der Waals surface area contributed by atoms with Crippen LogP contribution in [0.1, 0.15) is 37.0 Å². The molecule has 2 heteroatoms. The molecule has 2 aromatic carbocycles. The Morgan fingerprint density at radius 3 is 2.21 bits per heavy atom. The van der Waals surface area contributed by atoms with Crippen molar-refractivity contribution in [1.29, 1.82) is 0 Å². The van der Waals surface area contributed by atoms with Crippen LogP contribution in [0.25, 0.3) is 0 Å². The Kier molecular flexibility index (Phi) is 4.58. The van der Waals surface area contributed by atoms with Crippen molar-refractivity contribution in [3.05, 3.63) is 65.7 Å². The topological polar surface area (TPSA) is 35.2 Å². The van der Waals surface area contributed by atoms with Gasteiger partial charge in [-0.05, 0) is 23.1 Å². The summed E-state index contributed by atoms with van der Waals surface area (Å²) in [6.45, 7) is 4.81. The number of hydrogen-bond acceptors (Lipinski definition) is 2. The van der Waals surface area contributed by atoms with Crippen molar-refractivity contribution in [1.82, 2.24) is 0 Å². The van der Waals surface area contributed by atoms with E-state index in [1.165, 1.54) is 5.56 Å². The summed E-state index contributed by atoms with van der Waals surface area (Å²) in [5, 5.41) is 0. The van der Waals surface area contributed by atoms with Gasteiger partial charge in [0.15, 0.2) is 0 Å². The second kappa shape index (κ2) is 6.39. The molecule has 2 rings (SSSR count). The third-order valence-corrected chi connectivity index (χ3v) is 3.20. The Balaban J connectivity index is 2.24. The fraction of sp³-hybridized carbons (Fsp3) is 0.294. The zero-order valence-corrected chi connectivity index (χ0v) is 11.5. The minimum atomic E-state index is -0.0962. The predicted octanol–water partition coefficient (Wildman–Crippen LogP) is 3.89. The lowest BCUT2D eigenvalue weighted by molar-refractivity contribution is 0.211. The van der Waals surface area contributed by atoms with E-state index in [9.17, 15) is 0 Å². The fourth-order valence-corrected chi connectivity index (χ4v) is 2.14. The highest BCUT2D eigenvalue weighted by molar-refractivity contribution is 5.36. The van der Waals surface area contributed by atoms with Crippen molar-refractivity contribution >= 4 is 0 Å². The molecule has 1 atom stereocenters. The van der Waals surface area contributed by atoms with E-state index in [1.54, 1.807) is 0 Å². The van der Waals surface area contributed by atoms with Gasteiger partial charge in [0.05, 0.1) is 0 Å². The number of rotatable bonds is 5. The molecule has 0 aliphatic heterocycles. The summed E-state index contributed by atoms with van der Waals surface area (Å²) in [6, 6.07) is 18.3. The van der Waals surface area contributed by atoms with Crippen molar-refractivity contribution in [2.45, 2.75) is 25.9 Å². The van der Waals surface area contributed by atoms with E-state index < -0.39 is 0 Å². The smallest absolute Gasteiger partial charge is 0.136 e. The van der Waals surface area contributed by atoms with E-state index in [1.807, 2.05) is 36.4 Å². The first-order chi connectivity index (χ1) is 9.22. The molecule has 0 fully saturated rings. The maximum absolute atomic E-state index is 6.12. The molecule has 2 N–H and O–H groups in total. The molecule has 0 heterocycles. The van der Waals surface area contributed by atoms with Gasteiger partial charge in [-0.3, -0.25) is 0 Å². The van der Waals surface area contributed by atoms with Crippen LogP contribution in [-0.2, 0) is 0 Å². The highest BCUT2D eigenvalue weighted by Gasteiger charge is 2.14. The number of nitrogens with two attached hydrogens (primary N) is 1. The molecular formula is C17H21NO. The quantitative estimate of drug-likeness (QED) is 0.879. The van der Waals surface area contributed by atoms with E-state index in [-0.39, 0.29) is 6.10 Å². The molecule has 0 saturated carbocycles. The number of benzene rings is 2. The van der Waals surface area contributed by atoms with Crippen LogP contribution in [-0.4, -0.2) is 6.54 Å². The van der Waals surface area contributed by atoms with Crippen molar-refractivity contribution in [2.24, 2.45) is 5.73 Å². The van der Waals surface area contributed by atoms with Crippen molar-refractivity contribution < 1.29 is 4.74 Å². The fourth-order valence-electron chi connectivity index (χ4n) is 2.14. The number of ether oxygens (including phenoxy) is 1. The van der Waals surface area contributed by atoms with Crippen molar-refractivity contribution in [3.63, 3.8) is 0 Å². The van der Waals surface area contributed by atoms with Gasteiger partial charge in [0.25, 0.3) is 0 Å². The van der Waals surface area contributed by atoms with E-state index in [0.717, 1.165) is 11.3 Å². The summed E-state index contributed by atoms with van der Waals surface area (Å²) in [5.74, 6) is 1.36. The van der Waals surface area contributed by atoms with Crippen LogP contribution in [0, 0.1) is 0 Å². The van der Waals surface area contributed by atoms with Gasteiger partial charge in [0.1, 0.15) is 11.9 Å². The van der Waals surface area contributed by atoms with Crippen LogP contribution in [0.2, 0.25) is 0 Å². The molecule has 0 spiro atoms. The van der Waals surface area contributed by atoms with Gasteiger partial charge in [-0.25, -0.2) is 0 Å². The molecule has 1 unspecified atom stereocenters. The third-order valence-electron chi connectivity index (χ3n) is 3.20. The molecule has 2 aromatic rings. The molecule has 0 aliphatic rings.